The van der Waals surface area contributed by atoms with E-state index >= 15 is 0 Å². The lowest BCUT2D eigenvalue weighted by molar-refractivity contribution is -0.149. The van der Waals surface area contributed by atoms with E-state index in [1.807, 2.05) is 13.8 Å². The van der Waals surface area contributed by atoms with Crippen molar-refractivity contribution < 1.29 is 31.6 Å². The Morgan fingerprint density at radius 1 is 1.18 bits per heavy atom. The summed E-state index contributed by atoms with van der Waals surface area (Å²) < 4.78 is 66.9. The molecule has 238 valence electrons. The van der Waals surface area contributed by atoms with Gasteiger partial charge in [-0.2, -0.15) is 18.2 Å². The molecule has 1 saturated carbocycles. The van der Waals surface area contributed by atoms with Crippen LogP contribution in [0.3, 0.4) is 0 Å². The van der Waals surface area contributed by atoms with Crippen LogP contribution in [0.4, 0.5) is 23.6 Å². The molecule has 3 aromatic rings. The molecule has 2 fully saturated rings. The van der Waals surface area contributed by atoms with E-state index in [0.29, 0.717) is 36.1 Å². The fraction of sp³-hybridized carbons (Fsp3) is 0.633. The quantitative estimate of drug-likeness (QED) is 0.293. The van der Waals surface area contributed by atoms with E-state index in [9.17, 15) is 22.4 Å². The van der Waals surface area contributed by atoms with E-state index in [1.165, 1.54) is 23.5 Å². The van der Waals surface area contributed by atoms with Gasteiger partial charge in [0.25, 0.3) is 0 Å². The molecule has 0 spiro atoms. The smallest absolute Gasteiger partial charge is 0.451 e. The van der Waals surface area contributed by atoms with Crippen molar-refractivity contribution in [2.75, 3.05) is 31.1 Å². The van der Waals surface area contributed by atoms with Gasteiger partial charge in [0.2, 0.25) is 11.7 Å². The Labute approximate surface area is 252 Å². The topological polar surface area (TPSA) is 102 Å². The number of hydrogen-bond acceptors (Lipinski definition) is 8. The zero-order valence-electron chi connectivity index (χ0n) is 25.1. The number of fused-ring (bicyclic) bond motifs is 1. The summed E-state index contributed by atoms with van der Waals surface area (Å²) >= 11 is 0. The summed E-state index contributed by atoms with van der Waals surface area (Å²) in [6.07, 6.45) is -0.568. The number of nitrogens with zero attached hydrogens (tertiary/aromatic N) is 7. The van der Waals surface area contributed by atoms with Crippen LogP contribution in [0, 0.1) is 23.6 Å². The highest BCUT2D eigenvalue weighted by molar-refractivity contribution is 5.79. The van der Waals surface area contributed by atoms with E-state index in [4.69, 9.17) is 9.26 Å². The van der Waals surface area contributed by atoms with Crippen LogP contribution in [-0.2, 0) is 23.9 Å². The molecule has 3 aliphatic rings. The Balaban J connectivity index is 0.937. The third kappa shape index (κ3) is 6.39. The number of benzene rings is 1. The van der Waals surface area contributed by atoms with Crippen LogP contribution >= 0.6 is 0 Å². The zero-order valence-corrected chi connectivity index (χ0v) is 25.1. The molecule has 1 aromatic carbocycles. The Hall–Kier alpha value is -3.71. The zero-order chi connectivity index (χ0) is 31.2. The second kappa shape index (κ2) is 12.0. The van der Waals surface area contributed by atoms with Crippen molar-refractivity contribution in [2.45, 2.75) is 77.6 Å². The van der Waals surface area contributed by atoms with Gasteiger partial charge in [-0.3, -0.25) is 4.79 Å². The maximum Gasteiger partial charge on any atom is 0.451 e. The minimum absolute atomic E-state index is 0.0504. The van der Waals surface area contributed by atoms with Gasteiger partial charge in [-0.15, -0.1) is 10.2 Å². The first-order valence-corrected chi connectivity index (χ1v) is 15.3. The second-order valence-electron chi connectivity index (χ2n) is 12.6. The number of alkyl halides is 3. The van der Waals surface area contributed by atoms with Gasteiger partial charge in [-0.05, 0) is 62.0 Å². The van der Waals surface area contributed by atoms with Crippen LogP contribution in [0.5, 0.6) is 5.75 Å². The molecule has 2 aliphatic heterocycles. The maximum absolute atomic E-state index is 14.9. The largest absolute Gasteiger partial charge is 0.493 e. The summed E-state index contributed by atoms with van der Waals surface area (Å²) in [5, 5.41) is 11.0. The molecule has 1 unspecified atom stereocenters. The summed E-state index contributed by atoms with van der Waals surface area (Å²) in [4.78, 5) is 21.0. The van der Waals surface area contributed by atoms with Gasteiger partial charge in [0.05, 0.1) is 25.6 Å². The average molecular weight is 620 g/mol. The monoisotopic (exact) mass is 619 g/mol. The van der Waals surface area contributed by atoms with Crippen LogP contribution in [0.15, 0.2) is 22.7 Å². The Morgan fingerprint density at radius 2 is 1.95 bits per heavy atom. The van der Waals surface area contributed by atoms with Gasteiger partial charge in [0.1, 0.15) is 11.6 Å². The van der Waals surface area contributed by atoms with E-state index in [2.05, 4.69) is 25.2 Å². The molecule has 0 radical (unpaired) electrons. The number of amides is 1. The lowest BCUT2D eigenvalue weighted by Gasteiger charge is -2.32. The number of ether oxygens (including phenoxy) is 1. The van der Waals surface area contributed by atoms with Crippen LogP contribution < -0.4 is 9.64 Å². The van der Waals surface area contributed by atoms with Crippen LogP contribution in [0.2, 0.25) is 0 Å². The number of carbonyl (C=O) groups is 1. The van der Waals surface area contributed by atoms with Crippen molar-refractivity contribution in [1.29, 1.82) is 0 Å². The molecule has 1 saturated heterocycles. The molecule has 6 rings (SSSR count). The first-order valence-electron chi connectivity index (χ1n) is 15.3. The van der Waals surface area contributed by atoms with Gasteiger partial charge < -0.3 is 23.6 Å². The maximum atomic E-state index is 14.9. The summed E-state index contributed by atoms with van der Waals surface area (Å²) in [5.74, 6) is 1.38. The van der Waals surface area contributed by atoms with Crippen LogP contribution in [-0.4, -0.2) is 62.0 Å². The third-order valence-electron chi connectivity index (χ3n) is 9.09. The SMILES string of the molecule is CC(C)c1noc(N2CCC([C@H]3C[C@H]3CCOc3ccc(CC(=O)N4Cc5nnc(C(F)(F)F)n5C(C)C4)c(F)c3)CC2)n1. The summed E-state index contributed by atoms with van der Waals surface area (Å²) in [6.45, 7) is 7.91. The molecule has 44 heavy (non-hydrogen) atoms. The first kappa shape index (κ1) is 30.3. The highest BCUT2D eigenvalue weighted by Crippen LogP contribution is 2.50. The van der Waals surface area contributed by atoms with Gasteiger partial charge in [0, 0.05) is 31.6 Å². The average Bonchev–Trinajstić information content (AvgIpc) is 3.35. The third-order valence-corrected chi connectivity index (χ3v) is 9.09. The lowest BCUT2D eigenvalue weighted by atomic mass is 9.90. The number of rotatable bonds is 9. The predicted molar refractivity (Wildman–Crippen MR) is 150 cm³/mol. The molecular formula is C30H37F4N7O3. The van der Waals surface area contributed by atoms with Gasteiger partial charge in [-0.1, -0.05) is 25.1 Å². The van der Waals surface area contributed by atoms with Crippen molar-refractivity contribution >= 4 is 11.9 Å². The van der Waals surface area contributed by atoms with Crippen LogP contribution in [0.25, 0.3) is 0 Å². The molecule has 3 atom stereocenters. The highest BCUT2D eigenvalue weighted by atomic mass is 19.4. The minimum Gasteiger partial charge on any atom is -0.493 e. The highest BCUT2D eigenvalue weighted by Gasteiger charge is 2.44. The number of carbonyl (C=O) groups excluding carboxylic acids is 1. The number of hydrogen-bond donors (Lipinski definition) is 0. The van der Waals surface area contributed by atoms with Crippen molar-refractivity contribution in [3.63, 3.8) is 0 Å². The molecular weight excluding hydrogens is 582 g/mol. The number of anilines is 1. The van der Waals surface area contributed by atoms with E-state index in [1.54, 1.807) is 13.0 Å². The normalized spacial score (nSPS) is 22.4. The molecule has 4 heterocycles. The van der Waals surface area contributed by atoms with E-state index < -0.39 is 29.8 Å². The molecule has 1 aliphatic carbocycles. The fourth-order valence-electron chi connectivity index (χ4n) is 6.57. The van der Waals surface area contributed by atoms with Gasteiger partial charge in [-0.25, -0.2) is 4.39 Å². The Kier molecular flexibility index (Phi) is 8.27. The lowest BCUT2D eigenvalue weighted by Crippen LogP contribution is -2.42. The standard InChI is InChI=1S/C30H37F4N7O3/c1-17(2)27-35-29(44-38-27)39-9-6-19(7-10-39)23-12-20(23)8-11-43-22-5-4-21(24(31)14-22)13-26(42)40-15-18(3)41-25(16-40)36-37-28(41)30(32,33)34/h4-5,14,17-20,23H,6-13,15-16H2,1-3H3/t18?,20-,23-/m1/s1. The molecule has 1 amide bonds. The molecule has 0 N–H and O–H groups in total. The van der Waals surface area contributed by atoms with Crippen molar-refractivity contribution in [3.8, 4) is 5.75 Å². The van der Waals surface area contributed by atoms with Crippen LogP contribution in [0.1, 0.15) is 81.5 Å². The minimum atomic E-state index is -4.63. The second-order valence-corrected chi connectivity index (χ2v) is 12.6. The van der Waals surface area contributed by atoms with Crippen molar-refractivity contribution in [3.05, 3.63) is 47.1 Å². The van der Waals surface area contributed by atoms with E-state index in [0.717, 1.165) is 42.7 Å². The summed E-state index contributed by atoms with van der Waals surface area (Å²) in [7, 11) is 0. The fourth-order valence-corrected chi connectivity index (χ4v) is 6.57. The number of aromatic nitrogens is 5. The molecule has 0 bridgehead atoms. The van der Waals surface area contributed by atoms with Crippen molar-refractivity contribution in [2.24, 2.45) is 17.8 Å². The van der Waals surface area contributed by atoms with Gasteiger partial charge >= 0.3 is 12.2 Å². The summed E-state index contributed by atoms with van der Waals surface area (Å²) in [5.41, 5.74) is 0.201. The van der Waals surface area contributed by atoms with Gasteiger partial charge in [0.15, 0.2) is 11.6 Å². The van der Waals surface area contributed by atoms with E-state index in [-0.39, 0.29) is 36.8 Å². The summed E-state index contributed by atoms with van der Waals surface area (Å²) in [6, 6.07) is 4.42. The predicted octanol–water partition coefficient (Wildman–Crippen LogP) is 5.41. The number of halogens is 4. The molecule has 10 nitrogen and oxygen atoms in total. The number of piperidine rings is 1. The molecule has 2 aromatic heterocycles. The Morgan fingerprint density at radius 3 is 2.64 bits per heavy atom. The van der Waals surface area contributed by atoms with Crippen molar-refractivity contribution in [1.82, 2.24) is 29.8 Å². The first-order chi connectivity index (χ1) is 21.0. The Bertz CT molecular complexity index is 1480. The molecule has 14 heteroatoms.